The molecule has 3 atom stereocenters. The fourth-order valence-electron chi connectivity index (χ4n) is 4.00. The zero-order valence-electron chi connectivity index (χ0n) is 10.8. The van der Waals surface area contributed by atoms with Crippen molar-refractivity contribution in [1.82, 2.24) is 9.97 Å². The van der Waals surface area contributed by atoms with E-state index in [0.717, 1.165) is 35.0 Å². The lowest BCUT2D eigenvalue weighted by atomic mass is 9.88. The van der Waals surface area contributed by atoms with E-state index in [1.54, 1.807) is 0 Å². The number of aromatic nitrogens is 2. The van der Waals surface area contributed by atoms with Crippen LogP contribution in [0.4, 0.5) is 5.82 Å². The van der Waals surface area contributed by atoms with Crippen molar-refractivity contribution in [3.05, 3.63) is 17.1 Å². The second kappa shape index (κ2) is 4.12. The first kappa shape index (κ1) is 11.1. The molecule has 1 N–H and O–H groups in total. The number of rotatable bonds is 2. The van der Waals surface area contributed by atoms with Crippen LogP contribution >= 0.6 is 11.8 Å². The molecule has 0 saturated heterocycles. The van der Waals surface area contributed by atoms with Gasteiger partial charge in [0.15, 0.2) is 0 Å². The van der Waals surface area contributed by atoms with Crippen molar-refractivity contribution in [3.63, 3.8) is 0 Å². The molecule has 1 aromatic rings. The molecule has 2 heterocycles. The molecule has 4 heteroatoms. The second-order valence-corrected chi connectivity index (χ2v) is 6.87. The number of fused-ring (bicyclic) bond motifs is 3. The lowest BCUT2D eigenvalue weighted by Gasteiger charge is -2.21. The van der Waals surface area contributed by atoms with E-state index in [2.05, 4.69) is 5.32 Å². The van der Waals surface area contributed by atoms with Crippen molar-refractivity contribution in [2.24, 2.45) is 11.8 Å². The summed E-state index contributed by atoms with van der Waals surface area (Å²) in [5, 5.41) is 3.27. The standard InChI is InChI=1S/C14H19N3S/c1-15-13-11-6-18-7-12(11)16-14(17-13)10-5-8-2-3-9(10)4-8/h8-10H,2-7H2,1H3,(H,15,16,17). The number of anilines is 1. The van der Waals surface area contributed by atoms with E-state index >= 15 is 0 Å². The first-order chi connectivity index (χ1) is 8.85. The fraction of sp³-hybridized carbons (Fsp3) is 0.714. The molecule has 4 rings (SSSR count). The number of hydrogen-bond donors (Lipinski definition) is 1. The maximum atomic E-state index is 4.89. The Hall–Kier alpha value is -0.770. The molecule has 3 aliphatic rings. The molecular formula is C14H19N3S. The summed E-state index contributed by atoms with van der Waals surface area (Å²) in [6.45, 7) is 0. The van der Waals surface area contributed by atoms with Crippen LogP contribution in [0, 0.1) is 11.8 Å². The van der Waals surface area contributed by atoms with Crippen LogP contribution in [0.25, 0.3) is 0 Å². The summed E-state index contributed by atoms with van der Waals surface area (Å²) >= 11 is 1.96. The van der Waals surface area contributed by atoms with Crippen LogP contribution in [0.2, 0.25) is 0 Å². The smallest absolute Gasteiger partial charge is 0.134 e. The molecule has 2 fully saturated rings. The Balaban J connectivity index is 1.73. The first-order valence-corrected chi connectivity index (χ1v) is 8.16. The minimum atomic E-state index is 0.645. The highest BCUT2D eigenvalue weighted by Crippen LogP contribution is 2.52. The molecular weight excluding hydrogens is 242 g/mol. The first-order valence-electron chi connectivity index (χ1n) is 7.00. The Kier molecular flexibility index (Phi) is 2.54. The minimum absolute atomic E-state index is 0.645. The van der Waals surface area contributed by atoms with Crippen LogP contribution in [0.15, 0.2) is 0 Å². The number of hydrogen-bond acceptors (Lipinski definition) is 4. The predicted octanol–water partition coefficient (Wildman–Crippen LogP) is 3.17. The average Bonchev–Trinajstić information content (AvgIpc) is 3.12. The zero-order chi connectivity index (χ0) is 12.1. The summed E-state index contributed by atoms with van der Waals surface area (Å²) in [6.07, 6.45) is 5.61. The molecule has 1 aromatic heterocycles. The Morgan fingerprint density at radius 1 is 1.17 bits per heavy atom. The van der Waals surface area contributed by atoms with Gasteiger partial charge in [0.1, 0.15) is 11.6 Å². The van der Waals surface area contributed by atoms with Crippen LogP contribution in [-0.2, 0) is 11.5 Å². The third kappa shape index (κ3) is 1.58. The van der Waals surface area contributed by atoms with E-state index in [1.807, 2.05) is 18.8 Å². The van der Waals surface area contributed by atoms with Gasteiger partial charge in [0.05, 0.1) is 5.69 Å². The lowest BCUT2D eigenvalue weighted by molar-refractivity contribution is 0.405. The van der Waals surface area contributed by atoms with Crippen molar-refractivity contribution in [1.29, 1.82) is 0 Å². The summed E-state index contributed by atoms with van der Waals surface area (Å²) in [5.74, 6) is 6.83. The summed E-state index contributed by atoms with van der Waals surface area (Å²) in [5.41, 5.74) is 2.63. The Morgan fingerprint density at radius 2 is 2.11 bits per heavy atom. The van der Waals surface area contributed by atoms with Crippen LogP contribution in [0.1, 0.15) is 48.7 Å². The molecule has 0 amide bonds. The lowest BCUT2D eigenvalue weighted by Crippen LogP contribution is -2.15. The monoisotopic (exact) mass is 261 g/mol. The largest absolute Gasteiger partial charge is 0.373 e. The zero-order valence-corrected chi connectivity index (χ0v) is 11.6. The normalized spacial score (nSPS) is 32.8. The van der Waals surface area contributed by atoms with Gasteiger partial charge in [-0.3, -0.25) is 0 Å². The quantitative estimate of drug-likeness (QED) is 0.887. The fourth-order valence-corrected chi connectivity index (χ4v) is 5.05. The van der Waals surface area contributed by atoms with E-state index in [0.29, 0.717) is 5.92 Å². The Morgan fingerprint density at radius 3 is 2.83 bits per heavy atom. The summed E-state index contributed by atoms with van der Waals surface area (Å²) in [7, 11) is 1.98. The topological polar surface area (TPSA) is 37.8 Å². The molecule has 3 nitrogen and oxygen atoms in total. The molecule has 0 spiro atoms. The van der Waals surface area contributed by atoms with Crippen molar-refractivity contribution in [2.75, 3.05) is 12.4 Å². The predicted molar refractivity (Wildman–Crippen MR) is 74.8 cm³/mol. The van der Waals surface area contributed by atoms with Crippen LogP contribution in [0.3, 0.4) is 0 Å². The van der Waals surface area contributed by atoms with Gasteiger partial charge in [0.25, 0.3) is 0 Å². The van der Waals surface area contributed by atoms with Gasteiger partial charge in [-0.2, -0.15) is 11.8 Å². The molecule has 18 heavy (non-hydrogen) atoms. The molecule has 3 unspecified atom stereocenters. The van der Waals surface area contributed by atoms with E-state index in [-0.39, 0.29) is 0 Å². The van der Waals surface area contributed by atoms with Gasteiger partial charge in [-0.15, -0.1) is 0 Å². The molecule has 2 bridgehead atoms. The highest BCUT2D eigenvalue weighted by Gasteiger charge is 2.42. The SMILES string of the molecule is CNc1nc(C2CC3CCC2C3)nc2c1CSC2. The third-order valence-electron chi connectivity index (χ3n) is 4.90. The molecule has 0 radical (unpaired) electrons. The molecule has 2 aliphatic carbocycles. The Bertz CT molecular complexity index is 488. The maximum absolute atomic E-state index is 4.89. The van der Waals surface area contributed by atoms with Gasteiger partial charge in [0, 0.05) is 30.0 Å². The van der Waals surface area contributed by atoms with E-state index in [4.69, 9.17) is 9.97 Å². The van der Waals surface area contributed by atoms with Gasteiger partial charge in [-0.05, 0) is 31.1 Å². The average molecular weight is 261 g/mol. The second-order valence-electron chi connectivity index (χ2n) is 5.88. The van der Waals surface area contributed by atoms with Crippen molar-refractivity contribution in [2.45, 2.75) is 43.1 Å². The van der Waals surface area contributed by atoms with Gasteiger partial charge >= 0.3 is 0 Å². The molecule has 2 saturated carbocycles. The van der Waals surface area contributed by atoms with Crippen LogP contribution in [0.5, 0.6) is 0 Å². The summed E-state index contributed by atoms with van der Waals surface area (Å²) in [4.78, 5) is 9.72. The van der Waals surface area contributed by atoms with Gasteiger partial charge in [0.2, 0.25) is 0 Å². The van der Waals surface area contributed by atoms with Gasteiger partial charge in [-0.25, -0.2) is 9.97 Å². The molecule has 96 valence electrons. The highest BCUT2D eigenvalue weighted by atomic mass is 32.2. The van der Waals surface area contributed by atoms with Crippen molar-refractivity contribution < 1.29 is 0 Å². The maximum Gasteiger partial charge on any atom is 0.134 e. The van der Waals surface area contributed by atoms with Gasteiger partial charge in [-0.1, -0.05) is 6.42 Å². The van der Waals surface area contributed by atoms with Crippen molar-refractivity contribution >= 4 is 17.6 Å². The van der Waals surface area contributed by atoms with Gasteiger partial charge < -0.3 is 5.32 Å². The van der Waals surface area contributed by atoms with E-state index < -0.39 is 0 Å². The van der Waals surface area contributed by atoms with E-state index in [1.165, 1.54) is 36.9 Å². The number of nitrogens with zero attached hydrogens (tertiary/aromatic N) is 2. The molecule has 1 aliphatic heterocycles. The number of thioether (sulfide) groups is 1. The third-order valence-corrected chi connectivity index (χ3v) is 5.87. The summed E-state index contributed by atoms with van der Waals surface area (Å²) < 4.78 is 0. The minimum Gasteiger partial charge on any atom is -0.373 e. The van der Waals surface area contributed by atoms with E-state index in [9.17, 15) is 0 Å². The summed E-state index contributed by atoms with van der Waals surface area (Å²) in [6, 6.07) is 0. The Labute approximate surface area is 112 Å². The highest BCUT2D eigenvalue weighted by molar-refractivity contribution is 7.98. The molecule has 0 aromatic carbocycles. The van der Waals surface area contributed by atoms with Crippen LogP contribution in [-0.4, -0.2) is 17.0 Å². The number of nitrogens with one attached hydrogen (secondary N) is 1. The van der Waals surface area contributed by atoms with Crippen LogP contribution < -0.4 is 5.32 Å². The van der Waals surface area contributed by atoms with Crippen molar-refractivity contribution in [3.8, 4) is 0 Å².